The van der Waals surface area contributed by atoms with Crippen LogP contribution in [0.2, 0.25) is 0 Å². The average molecular weight is 448 g/mol. The number of nitrogens with one attached hydrogen (secondary N) is 2. The number of hydrogen-bond donors (Lipinski definition) is 2. The zero-order valence-electron chi connectivity index (χ0n) is 17.0. The Labute approximate surface area is 182 Å². The number of aryl methyl sites for hydroxylation is 1. The highest BCUT2D eigenvalue weighted by molar-refractivity contribution is 7.14. The minimum absolute atomic E-state index is 0.00857. The number of likely N-dealkylation sites (tertiary alicyclic amines) is 1. The van der Waals surface area contributed by atoms with Crippen molar-refractivity contribution in [3.8, 4) is 10.7 Å². The molecule has 0 spiro atoms. The van der Waals surface area contributed by atoms with Gasteiger partial charge in [-0.3, -0.25) is 10.3 Å². The van der Waals surface area contributed by atoms with Crippen LogP contribution in [-0.4, -0.2) is 69.6 Å². The lowest BCUT2D eigenvalue weighted by Gasteiger charge is -2.33. The van der Waals surface area contributed by atoms with E-state index in [0.717, 1.165) is 26.5 Å². The van der Waals surface area contributed by atoms with E-state index >= 15 is 0 Å². The average Bonchev–Trinajstić information content (AvgIpc) is 3.23. The molecule has 164 valence electrons. The summed E-state index contributed by atoms with van der Waals surface area (Å²) in [7, 11) is 0. The number of anilines is 1. The van der Waals surface area contributed by atoms with Crippen molar-refractivity contribution in [3.05, 3.63) is 29.5 Å². The molecule has 11 heteroatoms. The van der Waals surface area contributed by atoms with E-state index in [4.69, 9.17) is 0 Å². The van der Waals surface area contributed by atoms with Gasteiger partial charge >= 0.3 is 6.03 Å². The summed E-state index contributed by atoms with van der Waals surface area (Å²) in [5.74, 6) is 0.443. The number of halogens is 2. The maximum atomic E-state index is 12.7. The molecule has 2 N–H and O–H groups in total. The third-order valence-corrected chi connectivity index (χ3v) is 6.07. The topological polar surface area (TPSA) is 95.9 Å². The van der Waals surface area contributed by atoms with E-state index in [-0.39, 0.29) is 12.1 Å². The van der Waals surface area contributed by atoms with Crippen molar-refractivity contribution in [3.63, 3.8) is 0 Å². The van der Waals surface area contributed by atoms with Crippen LogP contribution in [0.25, 0.3) is 21.5 Å². The van der Waals surface area contributed by atoms with Crippen LogP contribution >= 0.6 is 11.3 Å². The van der Waals surface area contributed by atoms with Crippen molar-refractivity contribution in [1.29, 1.82) is 0 Å². The molecule has 1 aliphatic rings. The number of pyridine rings is 2. The lowest BCUT2D eigenvalue weighted by Crippen LogP contribution is -2.49. The summed E-state index contributed by atoms with van der Waals surface area (Å²) in [6.07, 6.45) is 4.67. The minimum atomic E-state index is -0.768. The SMILES string of the molecule is Cc1nnc(-c2cc3cc(NC(=O)N4CCC(NC(CF)CF)CC4)ncc3cn2)s1. The number of piperidine rings is 1. The molecule has 31 heavy (non-hydrogen) atoms. The predicted molar refractivity (Wildman–Crippen MR) is 116 cm³/mol. The summed E-state index contributed by atoms with van der Waals surface area (Å²) < 4.78 is 25.4. The van der Waals surface area contributed by atoms with Gasteiger partial charge in [0.15, 0.2) is 5.01 Å². The molecular formula is C20H23F2N7OS. The Balaban J connectivity index is 1.39. The fourth-order valence-electron chi connectivity index (χ4n) is 3.52. The van der Waals surface area contributed by atoms with Crippen LogP contribution in [0.4, 0.5) is 19.4 Å². The Morgan fingerprint density at radius 3 is 2.58 bits per heavy atom. The molecule has 0 unspecified atom stereocenters. The van der Waals surface area contributed by atoms with Crippen LogP contribution in [0.5, 0.6) is 0 Å². The number of carbonyl (C=O) groups is 1. The molecule has 1 aliphatic heterocycles. The van der Waals surface area contributed by atoms with Crippen molar-refractivity contribution >= 4 is 34.0 Å². The fourth-order valence-corrected chi connectivity index (χ4v) is 4.18. The predicted octanol–water partition coefficient (Wildman–Crippen LogP) is 3.35. The van der Waals surface area contributed by atoms with E-state index in [0.29, 0.717) is 31.7 Å². The van der Waals surface area contributed by atoms with Gasteiger partial charge in [-0.2, -0.15) is 0 Å². The summed E-state index contributed by atoms with van der Waals surface area (Å²) in [4.78, 5) is 23.0. The highest BCUT2D eigenvalue weighted by Gasteiger charge is 2.24. The summed E-state index contributed by atoms with van der Waals surface area (Å²) in [6.45, 7) is 1.43. The maximum absolute atomic E-state index is 12.7. The molecular weight excluding hydrogens is 424 g/mol. The molecule has 0 radical (unpaired) electrons. The van der Waals surface area contributed by atoms with Crippen LogP contribution in [-0.2, 0) is 0 Å². The van der Waals surface area contributed by atoms with Gasteiger partial charge < -0.3 is 10.2 Å². The molecule has 2 amide bonds. The second-order valence-electron chi connectivity index (χ2n) is 7.48. The molecule has 0 atom stereocenters. The highest BCUT2D eigenvalue weighted by Crippen LogP contribution is 2.25. The number of aromatic nitrogens is 4. The van der Waals surface area contributed by atoms with Crippen molar-refractivity contribution in [2.75, 3.05) is 31.8 Å². The molecule has 3 aromatic rings. The first-order valence-electron chi connectivity index (χ1n) is 10.1. The van der Waals surface area contributed by atoms with Crippen molar-refractivity contribution < 1.29 is 13.6 Å². The van der Waals surface area contributed by atoms with Crippen LogP contribution in [0, 0.1) is 6.92 Å². The lowest BCUT2D eigenvalue weighted by molar-refractivity contribution is 0.179. The van der Waals surface area contributed by atoms with Gasteiger partial charge in [0.05, 0.1) is 6.04 Å². The van der Waals surface area contributed by atoms with Gasteiger partial charge in [0, 0.05) is 36.9 Å². The number of hydrogen-bond acceptors (Lipinski definition) is 7. The molecule has 3 aromatic heterocycles. The molecule has 1 fully saturated rings. The third kappa shape index (κ3) is 5.10. The number of nitrogens with zero attached hydrogens (tertiary/aromatic N) is 5. The second-order valence-corrected chi connectivity index (χ2v) is 8.66. The second kappa shape index (κ2) is 9.56. The van der Waals surface area contributed by atoms with Gasteiger partial charge in [-0.05, 0) is 37.3 Å². The van der Waals surface area contributed by atoms with E-state index < -0.39 is 19.4 Å². The molecule has 0 saturated carbocycles. The largest absolute Gasteiger partial charge is 0.324 e. The zero-order chi connectivity index (χ0) is 21.8. The Hall–Kier alpha value is -2.79. The van der Waals surface area contributed by atoms with Crippen LogP contribution in [0.15, 0.2) is 24.5 Å². The molecule has 4 rings (SSSR count). The molecule has 4 heterocycles. The molecule has 0 bridgehead atoms. The van der Waals surface area contributed by atoms with Gasteiger partial charge in [-0.25, -0.2) is 18.6 Å². The standard InChI is InChI=1S/C20H23F2N7OS/c1-12-27-28-19(31-12)17-6-13-7-18(24-11-14(13)10-23-17)26-20(30)29-4-2-15(3-5-29)25-16(8-21)9-22/h6-7,10-11,15-16,25H,2-5,8-9H2,1H3,(H,24,26,30). The first-order valence-corrected chi connectivity index (χ1v) is 10.9. The summed E-state index contributed by atoms with van der Waals surface area (Å²) in [5.41, 5.74) is 0.719. The summed E-state index contributed by atoms with van der Waals surface area (Å²) in [6, 6.07) is 2.70. The van der Waals surface area contributed by atoms with E-state index in [1.165, 1.54) is 11.3 Å². The van der Waals surface area contributed by atoms with Crippen LogP contribution in [0.1, 0.15) is 17.8 Å². The smallest absolute Gasteiger partial charge is 0.323 e. The number of carbonyl (C=O) groups excluding carboxylic acids is 1. The van der Waals surface area contributed by atoms with E-state index in [1.54, 1.807) is 23.4 Å². The normalized spacial score (nSPS) is 15.0. The fraction of sp³-hybridized carbons (Fsp3) is 0.450. The number of fused-ring (bicyclic) bond motifs is 1. The molecule has 1 saturated heterocycles. The number of urea groups is 1. The maximum Gasteiger partial charge on any atom is 0.323 e. The monoisotopic (exact) mass is 447 g/mol. The Kier molecular flexibility index (Phi) is 6.62. The summed E-state index contributed by atoms with van der Waals surface area (Å²) in [5, 5.41) is 17.3. The zero-order valence-corrected chi connectivity index (χ0v) is 17.8. The van der Waals surface area contributed by atoms with Crippen molar-refractivity contribution in [2.24, 2.45) is 0 Å². The van der Waals surface area contributed by atoms with E-state index in [2.05, 4.69) is 30.8 Å². The Morgan fingerprint density at radius 2 is 1.90 bits per heavy atom. The van der Waals surface area contributed by atoms with Crippen LogP contribution < -0.4 is 10.6 Å². The Bertz CT molecular complexity index is 1050. The van der Waals surface area contributed by atoms with Crippen LogP contribution in [0.3, 0.4) is 0 Å². The van der Waals surface area contributed by atoms with Gasteiger partial charge in [0.2, 0.25) is 0 Å². The number of amides is 2. The molecule has 0 aromatic carbocycles. The lowest BCUT2D eigenvalue weighted by atomic mass is 10.0. The van der Waals surface area contributed by atoms with Crippen molar-refractivity contribution in [2.45, 2.75) is 31.8 Å². The molecule has 8 nitrogen and oxygen atoms in total. The highest BCUT2D eigenvalue weighted by atomic mass is 32.1. The molecule has 0 aliphatic carbocycles. The number of rotatable bonds is 6. The first kappa shape index (κ1) is 21.4. The summed E-state index contributed by atoms with van der Waals surface area (Å²) >= 11 is 1.47. The van der Waals surface area contributed by atoms with E-state index in [9.17, 15) is 13.6 Å². The van der Waals surface area contributed by atoms with Gasteiger partial charge in [-0.15, -0.1) is 10.2 Å². The third-order valence-electron chi connectivity index (χ3n) is 5.21. The first-order chi connectivity index (χ1) is 15.1. The Morgan fingerprint density at radius 1 is 1.16 bits per heavy atom. The quantitative estimate of drug-likeness (QED) is 0.602. The van der Waals surface area contributed by atoms with Gasteiger partial charge in [-0.1, -0.05) is 11.3 Å². The van der Waals surface area contributed by atoms with Gasteiger partial charge in [0.1, 0.15) is 29.9 Å². The van der Waals surface area contributed by atoms with Crippen molar-refractivity contribution in [1.82, 2.24) is 30.4 Å². The minimum Gasteiger partial charge on any atom is -0.324 e. The van der Waals surface area contributed by atoms with E-state index in [1.807, 2.05) is 13.0 Å². The number of alkyl halides is 2. The van der Waals surface area contributed by atoms with Gasteiger partial charge in [0.25, 0.3) is 0 Å².